The Morgan fingerprint density at radius 3 is 2.74 bits per heavy atom. The maximum Gasteiger partial charge on any atom is 0.323 e. The van der Waals surface area contributed by atoms with Gasteiger partial charge in [0.05, 0.1) is 0 Å². The van der Waals surface area contributed by atoms with Crippen molar-refractivity contribution < 1.29 is 9.90 Å². The molecule has 0 saturated heterocycles. The van der Waals surface area contributed by atoms with Crippen molar-refractivity contribution in [1.82, 2.24) is 5.32 Å². The molecule has 1 aliphatic carbocycles. The highest BCUT2D eigenvalue weighted by molar-refractivity contribution is 9.10. The van der Waals surface area contributed by atoms with Crippen molar-refractivity contribution in [3.8, 4) is 0 Å². The summed E-state index contributed by atoms with van der Waals surface area (Å²) in [5.41, 5.74) is -0.745. The van der Waals surface area contributed by atoms with Crippen LogP contribution in [0.4, 0.5) is 0 Å². The predicted octanol–water partition coefficient (Wildman–Crippen LogP) is 3.53. The number of halogens is 1. The van der Waals surface area contributed by atoms with Crippen LogP contribution in [-0.4, -0.2) is 28.9 Å². The molecule has 0 aliphatic heterocycles. The largest absolute Gasteiger partial charge is 0.480 e. The van der Waals surface area contributed by atoms with Crippen LogP contribution in [0.25, 0.3) is 0 Å². The van der Waals surface area contributed by atoms with Crippen LogP contribution in [0.1, 0.15) is 25.7 Å². The Morgan fingerprint density at radius 1 is 1.47 bits per heavy atom. The van der Waals surface area contributed by atoms with Gasteiger partial charge in [-0.3, -0.25) is 4.79 Å². The molecule has 1 aromatic rings. The molecule has 19 heavy (non-hydrogen) atoms. The quantitative estimate of drug-likeness (QED) is 0.877. The first-order valence-electron chi connectivity index (χ1n) is 6.40. The van der Waals surface area contributed by atoms with E-state index in [2.05, 4.69) is 33.4 Å². The average molecular weight is 344 g/mol. The predicted molar refractivity (Wildman–Crippen MR) is 81.7 cm³/mol. The highest BCUT2D eigenvalue weighted by Gasteiger charge is 2.41. The van der Waals surface area contributed by atoms with Crippen molar-refractivity contribution in [3.63, 3.8) is 0 Å². The average Bonchev–Trinajstić information content (AvgIpc) is 2.41. The number of thioether (sulfide) groups is 1. The van der Waals surface area contributed by atoms with Crippen LogP contribution in [0.15, 0.2) is 33.6 Å². The Bertz CT molecular complexity index is 451. The number of carboxylic acid groups (broad SMARTS) is 1. The van der Waals surface area contributed by atoms with Crippen molar-refractivity contribution >= 4 is 33.7 Å². The molecule has 1 fully saturated rings. The zero-order valence-electron chi connectivity index (χ0n) is 10.9. The molecule has 2 atom stereocenters. The van der Waals surface area contributed by atoms with Gasteiger partial charge < -0.3 is 10.4 Å². The number of aliphatic carboxylic acids is 1. The summed E-state index contributed by atoms with van der Waals surface area (Å²) in [5.74, 6) is -0.726. The molecule has 104 valence electrons. The molecule has 1 aromatic carbocycles. The van der Waals surface area contributed by atoms with Gasteiger partial charge in [-0.1, -0.05) is 15.9 Å². The van der Waals surface area contributed by atoms with Gasteiger partial charge in [-0.2, -0.15) is 0 Å². The van der Waals surface area contributed by atoms with Crippen molar-refractivity contribution in [2.24, 2.45) is 0 Å². The number of rotatable bonds is 4. The van der Waals surface area contributed by atoms with Crippen molar-refractivity contribution in [1.29, 1.82) is 0 Å². The molecule has 0 amide bonds. The second kappa shape index (κ2) is 6.29. The van der Waals surface area contributed by atoms with Gasteiger partial charge >= 0.3 is 5.97 Å². The van der Waals surface area contributed by atoms with Crippen LogP contribution in [0.3, 0.4) is 0 Å². The molecule has 0 bridgehead atoms. The smallest absolute Gasteiger partial charge is 0.323 e. The van der Waals surface area contributed by atoms with Crippen LogP contribution >= 0.6 is 27.7 Å². The fraction of sp³-hybridized carbons (Fsp3) is 0.500. The summed E-state index contributed by atoms with van der Waals surface area (Å²) in [6.45, 7) is 0. The van der Waals surface area contributed by atoms with Crippen LogP contribution in [-0.2, 0) is 4.79 Å². The summed E-state index contributed by atoms with van der Waals surface area (Å²) < 4.78 is 1.07. The SMILES string of the molecule is CNC1(C(=O)O)CCCC(Sc2ccc(Br)cc2)C1. The second-order valence-electron chi connectivity index (χ2n) is 4.93. The third-order valence-corrected chi connectivity index (χ3v) is 5.52. The topological polar surface area (TPSA) is 49.3 Å². The lowest BCUT2D eigenvalue weighted by Gasteiger charge is -2.37. The lowest BCUT2D eigenvalue weighted by Crippen LogP contribution is -2.53. The third-order valence-electron chi connectivity index (χ3n) is 3.71. The van der Waals surface area contributed by atoms with Crippen molar-refractivity contribution in [2.45, 2.75) is 41.4 Å². The summed E-state index contributed by atoms with van der Waals surface area (Å²) in [6.07, 6.45) is 3.44. The Morgan fingerprint density at radius 2 is 2.16 bits per heavy atom. The first-order valence-corrected chi connectivity index (χ1v) is 8.07. The molecule has 0 heterocycles. The molecule has 2 N–H and O–H groups in total. The van der Waals surface area contributed by atoms with E-state index in [-0.39, 0.29) is 0 Å². The fourth-order valence-electron chi connectivity index (χ4n) is 2.56. The lowest BCUT2D eigenvalue weighted by molar-refractivity contribution is -0.146. The maximum atomic E-state index is 11.5. The van der Waals surface area contributed by atoms with E-state index in [1.54, 1.807) is 18.8 Å². The Labute approximate surface area is 126 Å². The minimum absolute atomic E-state index is 0.360. The summed E-state index contributed by atoms with van der Waals surface area (Å²) in [6, 6.07) is 8.19. The standard InChI is InChI=1S/C14H18BrNO2S/c1-16-14(13(17)18)8-2-3-12(9-14)19-11-6-4-10(15)5-7-11/h4-7,12,16H,2-3,8-9H2,1H3,(H,17,18). The number of benzene rings is 1. The van der Waals surface area contributed by atoms with Gasteiger partial charge in [0.15, 0.2) is 0 Å². The second-order valence-corrected chi connectivity index (χ2v) is 7.22. The van der Waals surface area contributed by atoms with Gasteiger partial charge in [0.1, 0.15) is 5.54 Å². The highest BCUT2D eigenvalue weighted by atomic mass is 79.9. The Balaban J connectivity index is 2.05. The summed E-state index contributed by atoms with van der Waals surface area (Å²) in [7, 11) is 1.75. The maximum absolute atomic E-state index is 11.5. The van der Waals surface area contributed by atoms with E-state index in [4.69, 9.17) is 0 Å². The van der Waals surface area contributed by atoms with Crippen LogP contribution in [0.2, 0.25) is 0 Å². The van der Waals surface area contributed by atoms with Crippen LogP contribution in [0.5, 0.6) is 0 Å². The van der Waals surface area contributed by atoms with E-state index in [9.17, 15) is 9.90 Å². The molecular formula is C14H18BrNO2S. The molecule has 1 saturated carbocycles. The minimum Gasteiger partial charge on any atom is -0.480 e. The Hall–Kier alpha value is -0.520. The van der Waals surface area contributed by atoms with Gasteiger partial charge in [-0.15, -0.1) is 11.8 Å². The zero-order chi connectivity index (χ0) is 13.9. The van der Waals surface area contributed by atoms with Gasteiger partial charge in [0, 0.05) is 14.6 Å². The van der Waals surface area contributed by atoms with Crippen LogP contribution < -0.4 is 5.32 Å². The zero-order valence-corrected chi connectivity index (χ0v) is 13.3. The van der Waals surface area contributed by atoms with Gasteiger partial charge in [-0.25, -0.2) is 0 Å². The molecule has 0 radical (unpaired) electrons. The monoisotopic (exact) mass is 343 g/mol. The minimum atomic E-state index is -0.745. The summed E-state index contributed by atoms with van der Waals surface area (Å²) >= 11 is 5.21. The van der Waals surface area contributed by atoms with Gasteiger partial charge in [0.25, 0.3) is 0 Å². The number of hydrogen-bond acceptors (Lipinski definition) is 3. The summed E-state index contributed by atoms with van der Waals surface area (Å²) in [4.78, 5) is 12.7. The molecule has 2 rings (SSSR count). The fourth-order valence-corrected chi connectivity index (χ4v) is 4.15. The van der Waals surface area contributed by atoms with E-state index in [1.165, 1.54) is 4.90 Å². The van der Waals surface area contributed by atoms with E-state index in [0.29, 0.717) is 11.7 Å². The number of hydrogen-bond donors (Lipinski definition) is 2. The number of likely N-dealkylation sites (N-methyl/N-ethyl adjacent to an activating group) is 1. The first-order chi connectivity index (χ1) is 9.05. The van der Waals surface area contributed by atoms with Crippen molar-refractivity contribution in [2.75, 3.05) is 7.05 Å². The van der Waals surface area contributed by atoms with E-state index in [1.807, 2.05) is 12.1 Å². The molecule has 2 unspecified atom stereocenters. The van der Waals surface area contributed by atoms with Gasteiger partial charge in [0.2, 0.25) is 0 Å². The molecule has 5 heteroatoms. The first kappa shape index (κ1) is 14.9. The molecule has 0 spiro atoms. The molecule has 1 aliphatic rings. The summed E-state index contributed by atoms with van der Waals surface area (Å²) in [5, 5.41) is 12.8. The number of nitrogens with one attached hydrogen (secondary N) is 1. The number of carboxylic acids is 1. The van der Waals surface area contributed by atoms with E-state index >= 15 is 0 Å². The number of carbonyl (C=O) groups is 1. The van der Waals surface area contributed by atoms with Crippen LogP contribution in [0, 0.1) is 0 Å². The normalized spacial score (nSPS) is 27.2. The van der Waals surface area contributed by atoms with E-state index < -0.39 is 11.5 Å². The molecular weight excluding hydrogens is 326 g/mol. The van der Waals surface area contributed by atoms with Crippen molar-refractivity contribution in [3.05, 3.63) is 28.7 Å². The van der Waals surface area contributed by atoms with E-state index in [0.717, 1.165) is 23.7 Å². The highest BCUT2D eigenvalue weighted by Crippen LogP contribution is 2.38. The third kappa shape index (κ3) is 3.52. The molecule has 0 aromatic heterocycles. The lowest BCUT2D eigenvalue weighted by atomic mass is 9.81. The van der Waals surface area contributed by atoms with Gasteiger partial charge in [-0.05, 0) is 57.0 Å². The molecule has 3 nitrogen and oxygen atoms in total. The Kier molecular flexibility index (Phi) is 4.92.